The summed E-state index contributed by atoms with van der Waals surface area (Å²) in [4.78, 5) is 17.3. The van der Waals surface area contributed by atoms with E-state index in [1.54, 1.807) is 24.4 Å². The third-order valence-electron chi connectivity index (χ3n) is 6.19. The lowest BCUT2D eigenvalue weighted by atomic mass is 9.83. The van der Waals surface area contributed by atoms with Crippen molar-refractivity contribution in [1.82, 2.24) is 4.98 Å². The summed E-state index contributed by atoms with van der Waals surface area (Å²) < 4.78 is 23.6. The van der Waals surface area contributed by atoms with E-state index in [1.807, 2.05) is 62.4 Å². The molecular formula is C30H26N2O3S. The van der Waals surface area contributed by atoms with Crippen molar-refractivity contribution in [3.05, 3.63) is 95.7 Å². The summed E-state index contributed by atoms with van der Waals surface area (Å²) in [6.07, 6.45) is 4.71. The predicted octanol–water partition coefficient (Wildman–Crippen LogP) is 6.24. The second kappa shape index (κ2) is 9.52. The standard InChI is InChI=1S/C30H26N2O3S/c1-20(33)27(22-10-12-26(13-11-22)36(4,34)35)16-21-7-5-8-23(15-21)28-18-25(30(2,3)19-31)17-24-9-6-14-32-29(24)28/h5-18H,1-4H3/b27-16+. The number of carbonyl (C=O) groups is 1. The Morgan fingerprint density at radius 1 is 1.00 bits per heavy atom. The number of sulfone groups is 1. The van der Waals surface area contributed by atoms with E-state index in [0.717, 1.165) is 39.4 Å². The first kappa shape index (κ1) is 25.0. The van der Waals surface area contributed by atoms with Gasteiger partial charge in [-0.15, -0.1) is 0 Å². The van der Waals surface area contributed by atoms with Crippen molar-refractivity contribution in [1.29, 1.82) is 5.26 Å². The Balaban J connectivity index is 1.84. The number of Topliss-reactive ketones (excluding diaryl/α,β-unsaturated/α-hetero) is 1. The lowest BCUT2D eigenvalue weighted by Gasteiger charge is -2.19. The lowest BCUT2D eigenvalue weighted by Crippen LogP contribution is -2.14. The molecule has 6 heteroatoms. The Bertz CT molecular complexity index is 1660. The molecule has 0 unspecified atom stereocenters. The molecule has 36 heavy (non-hydrogen) atoms. The number of ketones is 1. The molecule has 0 bridgehead atoms. The normalized spacial score (nSPS) is 12.4. The van der Waals surface area contributed by atoms with Crippen molar-refractivity contribution in [3.63, 3.8) is 0 Å². The summed E-state index contributed by atoms with van der Waals surface area (Å²) in [5, 5.41) is 10.7. The maximum Gasteiger partial charge on any atom is 0.175 e. The number of nitriles is 1. The molecular weight excluding hydrogens is 468 g/mol. The molecule has 0 radical (unpaired) electrons. The number of pyridine rings is 1. The summed E-state index contributed by atoms with van der Waals surface area (Å²) in [6, 6.07) is 24.4. The number of aromatic nitrogens is 1. The van der Waals surface area contributed by atoms with E-state index >= 15 is 0 Å². The third kappa shape index (κ3) is 5.12. The molecule has 0 spiro atoms. The number of benzene rings is 3. The minimum absolute atomic E-state index is 0.127. The molecule has 0 aliphatic rings. The second-order valence-corrected chi connectivity index (χ2v) is 11.4. The second-order valence-electron chi connectivity index (χ2n) is 9.37. The van der Waals surface area contributed by atoms with Gasteiger partial charge >= 0.3 is 0 Å². The number of nitrogens with zero attached hydrogens (tertiary/aromatic N) is 2. The van der Waals surface area contributed by atoms with Crippen LogP contribution in [0.4, 0.5) is 0 Å². The third-order valence-corrected chi connectivity index (χ3v) is 7.32. The van der Waals surface area contributed by atoms with Crippen molar-refractivity contribution >= 4 is 38.2 Å². The van der Waals surface area contributed by atoms with Gasteiger partial charge in [-0.05, 0) is 85.5 Å². The molecule has 0 saturated carbocycles. The van der Waals surface area contributed by atoms with E-state index < -0.39 is 15.3 Å². The summed E-state index contributed by atoms with van der Waals surface area (Å²) in [6.45, 7) is 5.27. The van der Waals surface area contributed by atoms with Crippen LogP contribution in [-0.4, -0.2) is 25.4 Å². The Hall–Kier alpha value is -4.08. The van der Waals surface area contributed by atoms with Crippen LogP contribution in [-0.2, 0) is 20.0 Å². The fourth-order valence-electron chi connectivity index (χ4n) is 4.07. The van der Waals surface area contributed by atoms with Crippen LogP contribution in [0.5, 0.6) is 0 Å². The Labute approximate surface area is 211 Å². The van der Waals surface area contributed by atoms with Gasteiger partial charge in [0, 0.05) is 29.0 Å². The molecule has 0 N–H and O–H groups in total. The number of hydrogen-bond donors (Lipinski definition) is 0. The largest absolute Gasteiger partial charge is 0.294 e. The van der Waals surface area contributed by atoms with Gasteiger partial charge in [-0.2, -0.15) is 5.26 Å². The van der Waals surface area contributed by atoms with Gasteiger partial charge < -0.3 is 0 Å². The highest BCUT2D eigenvalue weighted by Crippen LogP contribution is 2.34. The van der Waals surface area contributed by atoms with E-state index in [1.165, 1.54) is 19.1 Å². The van der Waals surface area contributed by atoms with Crippen molar-refractivity contribution in [2.24, 2.45) is 0 Å². The SMILES string of the molecule is CC(=O)/C(=C\c1cccc(-c2cc(C(C)(C)C#N)cc3cccnc23)c1)c1ccc(S(C)(=O)=O)cc1. The van der Waals surface area contributed by atoms with Gasteiger partial charge in [0.05, 0.1) is 21.9 Å². The van der Waals surface area contributed by atoms with Crippen LogP contribution in [0, 0.1) is 11.3 Å². The minimum Gasteiger partial charge on any atom is -0.294 e. The summed E-state index contributed by atoms with van der Waals surface area (Å²) in [7, 11) is -3.33. The topological polar surface area (TPSA) is 87.9 Å². The van der Waals surface area contributed by atoms with Crippen LogP contribution in [0.15, 0.2) is 83.9 Å². The zero-order valence-corrected chi connectivity index (χ0v) is 21.4. The number of fused-ring (bicyclic) bond motifs is 1. The van der Waals surface area contributed by atoms with Crippen molar-refractivity contribution < 1.29 is 13.2 Å². The minimum atomic E-state index is -3.33. The van der Waals surface area contributed by atoms with E-state index in [0.29, 0.717) is 11.1 Å². The van der Waals surface area contributed by atoms with Gasteiger partial charge in [0.2, 0.25) is 0 Å². The summed E-state index contributed by atoms with van der Waals surface area (Å²) in [5.41, 5.74) is 4.83. The number of allylic oxidation sites excluding steroid dienone is 1. The van der Waals surface area contributed by atoms with Crippen molar-refractivity contribution in [2.75, 3.05) is 6.26 Å². The van der Waals surface area contributed by atoms with E-state index in [4.69, 9.17) is 0 Å². The molecule has 5 nitrogen and oxygen atoms in total. The van der Waals surface area contributed by atoms with Gasteiger partial charge in [0.25, 0.3) is 0 Å². The zero-order chi connectivity index (χ0) is 26.1. The molecule has 0 amide bonds. The molecule has 0 aliphatic heterocycles. The maximum atomic E-state index is 12.5. The molecule has 0 aliphatic carbocycles. The monoisotopic (exact) mass is 494 g/mol. The van der Waals surface area contributed by atoms with Crippen molar-refractivity contribution in [3.8, 4) is 17.2 Å². The highest BCUT2D eigenvalue weighted by Gasteiger charge is 2.22. The van der Waals surface area contributed by atoms with Crippen LogP contribution < -0.4 is 0 Å². The predicted molar refractivity (Wildman–Crippen MR) is 144 cm³/mol. The Kier molecular flexibility index (Phi) is 6.62. The molecule has 0 atom stereocenters. The van der Waals surface area contributed by atoms with E-state index in [-0.39, 0.29) is 10.7 Å². The maximum absolute atomic E-state index is 12.5. The summed E-state index contributed by atoms with van der Waals surface area (Å²) >= 11 is 0. The van der Waals surface area contributed by atoms with Crippen LogP contribution in [0.25, 0.3) is 33.7 Å². The first-order chi connectivity index (χ1) is 17.0. The van der Waals surface area contributed by atoms with Gasteiger partial charge in [0.1, 0.15) is 0 Å². The average molecular weight is 495 g/mol. The molecule has 3 aromatic carbocycles. The number of hydrogen-bond acceptors (Lipinski definition) is 5. The highest BCUT2D eigenvalue weighted by atomic mass is 32.2. The fraction of sp³-hybridized carbons (Fsp3) is 0.167. The zero-order valence-electron chi connectivity index (χ0n) is 20.6. The smallest absolute Gasteiger partial charge is 0.175 e. The van der Waals surface area contributed by atoms with Gasteiger partial charge in [-0.1, -0.05) is 36.4 Å². The number of rotatable bonds is 6. The first-order valence-electron chi connectivity index (χ1n) is 11.4. The van der Waals surface area contributed by atoms with Crippen LogP contribution in [0.2, 0.25) is 0 Å². The molecule has 180 valence electrons. The van der Waals surface area contributed by atoms with Gasteiger partial charge in [-0.3, -0.25) is 9.78 Å². The van der Waals surface area contributed by atoms with E-state index in [9.17, 15) is 18.5 Å². The fourth-order valence-corrected chi connectivity index (χ4v) is 4.70. The van der Waals surface area contributed by atoms with Crippen molar-refractivity contribution in [2.45, 2.75) is 31.1 Å². The molecule has 4 aromatic rings. The lowest BCUT2D eigenvalue weighted by molar-refractivity contribution is -0.111. The molecule has 4 rings (SSSR count). The Morgan fingerprint density at radius 2 is 1.72 bits per heavy atom. The van der Waals surface area contributed by atoms with Crippen LogP contribution in [0.3, 0.4) is 0 Å². The first-order valence-corrected chi connectivity index (χ1v) is 13.3. The molecule has 1 aromatic heterocycles. The molecule has 1 heterocycles. The quantitative estimate of drug-likeness (QED) is 0.234. The van der Waals surface area contributed by atoms with Gasteiger partial charge in [-0.25, -0.2) is 8.42 Å². The van der Waals surface area contributed by atoms with Crippen LogP contribution in [0.1, 0.15) is 37.5 Å². The Morgan fingerprint density at radius 3 is 2.36 bits per heavy atom. The summed E-state index contributed by atoms with van der Waals surface area (Å²) in [5.74, 6) is -0.127. The average Bonchev–Trinajstić information content (AvgIpc) is 2.86. The number of carbonyl (C=O) groups excluding carboxylic acids is 1. The van der Waals surface area contributed by atoms with Gasteiger partial charge in [0.15, 0.2) is 15.6 Å². The molecule has 0 saturated heterocycles. The highest BCUT2D eigenvalue weighted by molar-refractivity contribution is 7.90. The van der Waals surface area contributed by atoms with Crippen LogP contribution >= 0.6 is 0 Å². The van der Waals surface area contributed by atoms with E-state index in [2.05, 4.69) is 11.1 Å². The molecule has 0 fully saturated rings.